The molecule has 3 heteroatoms. The molecule has 1 aromatic carbocycles. The molecule has 106 valence electrons. The molecule has 0 aliphatic rings. The molecule has 19 heavy (non-hydrogen) atoms. The minimum atomic E-state index is -0.376. The van der Waals surface area contributed by atoms with E-state index in [-0.39, 0.29) is 17.8 Å². The Labute approximate surface area is 121 Å². The first-order valence-corrected chi connectivity index (χ1v) is 6.97. The maximum absolute atomic E-state index is 11.9. The van der Waals surface area contributed by atoms with Crippen molar-refractivity contribution in [2.45, 2.75) is 47.5 Å². The summed E-state index contributed by atoms with van der Waals surface area (Å²) in [7, 11) is 0. The third-order valence-corrected chi connectivity index (χ3v) is 3.52. The van der Waals surface area contributed by atoms with Gasteiger partial charge in [-0.25, -0.2) is 0 Å². The summed E-state index contributed by atoms with van der Waals surface area (Å²) in [6.07, 6.45) is 0. The highest BCUT2D eigenvalue weighted by molar-refractivity contribution is 6.31. The van der Waals surface area contributed by atoms with E-state index in [0.717, 1.165) is 21.9 Å². The quantitative estimate of drug-likeness (QED) is 0.795. The van der Waals surface area contributed by atoms with Crippen LogP contribution in [0, 0.1) is 12.3 Å². The summed E-state index contributed by atoms with van der Waals surface area (Å²) < 4.78 is 5.71. The molecular weight excluding hydrogens is 260 g/mol. The van der Waals surface area contributed by atoms with Gasteiger partial charge in [0.05, 0.1) is 0 Å². The van der Waals surface area contributed by atoms with Crippen molar-refractivity contribution in [2.75, 3.05) is 6.61 Å². The van der Waals surface area contributed by atoms with Crippen LogP contribution in [-0.4, -0.2) is 12.4 Å². The maximum atomic E-state index is 11.9. The topological polar surface area (TPSA) is 26.3 Å². The van der Waals surface area contributed by atoms with Gasteiger partial charge in [-0.3, -0.25) is 4.79 Å². The highest BCUT2D eigenvalue weighted by Crippen LogP contribution is 2.32. The zero-order valence-electron chi connectivity index (χ0n) is 12.6. The van der Waals surface area contributed by atoms with Gasteiger partial charge in [-0.2, -0.15) is 0 Å². The Morgan fingerprint density at radius 1 is 1.32 bits per heavy atom. The number of halogens is 1. The van der Waals surface area contributed by atoms with Gasteiger partial charge in [-0.05, 0) is 36.1 Å². The Hall–Kier alpha value is -1.02. The van der Waals surface area contributed by atoms with Crippen LogP contribution in [0.3, 0.4) is 0 Å². The number of carbonyl (C=O) groups is 1. The van der Waals surface area contributed by atoms with Crippen molar-refractivity contribution < 1.29 is 9.53 Å². The predicted molar refractivity (Wildman–Crippen MR) is 80.2 cm³/mol. The van der Waals surface area contributed by atoms with Crippen LogP contribution in [0.2, 0.25) is 5.02 Å². The Balaban J connectivity index is 2.95. The van der Waals surface area contributed by atoms with Crippen molar-refractivity contribution in [3.05, 3.63) is 28.3 Å². The van der Waals surface area contributed by atoms with E-state index in [9.17, 15) is 4.79 Å². The van der Waals surface area contributed by atoms with Gasteiger partial charge in [0.25, 0.3) is 0 Å². The fraction of sp³-hybridized carbons (Fsp3) is 0.562. The summed E-state index contributed by atoms with van der Waals surface area (Å²) in [6.45, 7) is 11.9. The normalized spacial score (nSPS) is 11.8. The molecule has 1 rings (SSSR count). The second-order valence-corrected chi connectivity index (χ2v) is 6.66. The Bertz CT molecular complexity index is 470. The fourth-order valence-corrected chi connectivity index (χ4v) is 1.78. The van der Waals surface area contributed by atoms with E-state index in [1.54, 1.807) is 0 Å². The summed E-state index contributed by atoms with van der Waals surface area (Å²) >= 11 is 6.14. The molecule has 1 aromatic rings. The molecule has 0 aliphatic heterocycles. The van der Waals surface area contributed by atoms with Crippen molar-refractivity contribution in [3.8, 4) is 5.75 Å². The minimum Gasteiger partial charge on any atom is -0.486 e. The summed E-state index contributed by atoms with van der Waals surface area (Å²) in [5.74, 6) is 1.15. The van der Waals surface area contributed by atoms with E-state index in [0.29, 0.717) is 5.92 Å². The van der Waals surface area contributed by atoms with E-state index in [4.69, 9.17) is 16.3 Å². The first kappa shape index (κ1) is 16.0. The van der Waals surface area contributed by atoms with E-state index in [1.807, 2.05) is 39.8 Å². The molecule has 0 aliphatic carbocycles. The smallest absolute Gasteiger partial charge is 0.175 e. The van der Waals surface area contributed by atoms with Crippen molar-refractivity contribution in [2.24, 2.45) is 5.41 Å². The lowest BCUT2D eigenvalue weighted by Gasteiger charge is -2.19. The molecule has 0 fully saturated rings. The average molecular weight is 283 g/mol. The third kappa shape index (κ3) is 4.24. The van der Waals surface area contributed by atoms with Crippen molar-refractivity contribution >= 4 is 17.4 Å². The first-order valence-electron chi connectivity index (χ1n) is 6.59. The van der Waals surface area contributed by atoms with Crippen molar-refractivity contribution in [1.29, 1.82) is 0 Å². The van der Waals surface area contributed by atoms with Crippen LogP contribution in [0.15, 0.2) is 12.1 Å². The average Bonchev–Trinajstić information content (AvgIpc) is 2.28. The Kier molecular flexibility index (Phi) is 5.03. The number of hydrogen-bond donors (Lipinski definition) is 0. The molecule has 0 heterocycles. The maximum Gasteiger partial charge on any atom is 0.175 e. The lowest BCUT2D eigenvalue weighted by atomic mass is 9.91. The standard InChI is InChI=1S/C16H23ClO2/c1-10(2)12-8-13(17)11(3)7-14(12)19-9-15(18)16(4,5)6/h7-8,10H,9H2,1-6H3. The Morgan fingerprint density at radius 3 is 2.37 bits per heavy atom. The number of aryl methyl sites for hydroxylation is 1. The molecular formula is C16H23ClO2. The molecule has 0 atom stereocenters. The van der Waals surface area contributed by atoms with Gasteiger partial charge in [0.15, 0.2) is 5.78 Å². The molecule has 0 saturated heterocycles. The number of ketones is 1. The highest BCUT2D eigenvalue weighted by atomic mass is 35.5. The van der Waals surface area contributed by atoms with Gasteiger partial charge in [-0.15, -0.1) is 0 Å². The number of carbonyl (C=O) groups excluding carboxylic acids is 1. The third-order valence-electron chi connectivity index (χ3n) is 3.11. The van der Waals surface area contributed by atoms with E-state index in [1.165, 1.54) is 0 Å². The van der Waals surface area contributed by atoms with Gasteiger partial charge in [-0.1, -0.05) is 46.2 Å². The number of Topliss-reactive ketones (excluding diaryl/α,β-unsaturated/α-hetero) is 1. The summed E-state index contributed by atoms with van der Waals surface area (Å²) in [6, 6.07) is 3.84. The SMILES string of the molecule is Cc1cc(OCC(=O)C(C)(C)C)c(C(C)C)cc1Cl. The van der Waals surface area contributed by atoms with Gasteiger partial charge in [0.1, 0.15) is 12.4 Å². The molecule has 0 N–H and O–H groups in total. The predicted octanol–water partition coefficient (Wildman–Crippen LogP) is 4.77. The number of rotatable bonds is 4. The van der Waals surface area contributed by atoms with Crippen molar-refractivity contribution in [3.63, 3.8) is 0 Å². The van der Waals surface area contributed by atoms with Crippen LogP contribution >= 0.6 is 11.6 Å². The lowest BCUT2D eigenvalue weighted by molar-refractivity contribution is -0.128. The summed E-state index contributed by atoms with van der Waals surface area (Å²) in [5.41, 5.74) is 1.63. The monoisotopic (exact) mass is 282 g/mol. The molecule has 0 amide bonds. The zero-order chi connectivity index (χ0) is 14.8. The highest BCUT2D eigenvalue weighted by Gasteiger charge is 2.22. The number of hydrogen-bond acceptors (Lipinski definition) is 2. The summed E-state index contributed by atoms with van der Waals surface area (Å²) in [5, 5.41) is 0.734. The fourth-order valence-electron chi connectivity index (χ4n) is 1.61. The molecule has 0 bridgehead atoms. The van der Waals surface area contributed by atoms with E-state index >= 15 is 0 Å². The van der Waals surface area contributed by atoms with Gasteiger partial charge >= 0.3 is 0 Å². The molecule has 2 nitrogen and oxygen atoms in total. The van der Waals surface area contributed by atoms with Crippen LogP contribution in [0.25, 0.3) is 0 Å². The zero-order valence-corrected chi connectivity index (χ0v) is 13.4. The second kappa shape index (κ2) is 5.96. The molecule has 0 saturated carbocycles. The number of benzene rings is 1. The van der Waals surface area contributed by atoms with Crippen LogP contribution in [0.5, 0.6) is 5.75 Å². The lowest BCUT2D eigenvalue weighted by Crippen LogP contribution is -2.26. The van der Waals surface area contributed by atoms with E-state index < -0.39 is 0 Å². The van der Waals surface area contributed by atoms with E-state index in [2.05, 4.69) is 13.8 Å². The number of ether oxygens (including phenoxy) is 1. The van der Waals surface area contributed by atoms with Crippen LogP contribution in [0.1, 0.15) is 51.7 Å². The van der Waals surface area contributed by atoms with Crippen molar-refractivity contribution in [1.82, 2.24) is 0 Å². The molecule has 0 unspecified atom stereocenters. The van der Waals surface area contributed by atoms with Gasteiger partial charge in [0.2, 0.25) is 0 Å². The molecule has 0 aromatic heterocycles. The summed E-state index contributed by atoms with van der Waals surface area (Å²) in [4.78, 5) is 11.9. The minimum absolute atomic E-state index is 0.0924. The first-order chi connectivity index (χ1) is 8.62. The van der Waals surface area contributed by atoms with Gasteiger partial charge < -0.3 is 4.74 Å². The van der Waals surface area contributed by atoms with Crippen LogP contribution in [0.4, 0.5) is 0 Å². The second-order valence-electron chi connectivity index (χ2n) is 6.26. The Morgan fingerprint density at radius 2 is 1.89 bits per heavy atom. The largest absolute Gasteiger partial charge is 0.486 e. The molecule has 0 spiro atoms. The molecule has 0 radical (unpaired) electrons. The van der Waals surface area contributed by atoms with Crippen LogP contribution < -0.4 is 4.74 Å². The van der Waals surface area contributed by atoms with Crippen LogP contribution in [-0.2, 0) is 4.79 Å². The van der Waals surface area contributed by atoms with Gasteiger partial charge in [0, 0.05) is 10.4 Å².